The van der Waals surface area contributed by atoms with Crippen LogP contribution in [0.1, 0.15) is 25.5 Å². The lowest BCUT2D eigenvalue weighted by Crippen LogP contribution is -2.35. The van der Waals surface area contributed by atoms with Gasteiger partial charge in [0.1, 0.15) is 6.04 Å². The first-order chi connectivity index (χ1) is 6.50. The summed E-state index contributed by atoms with van der Waals surface area (Å²) >= 11 is 7.22. The maximum Gasteiger partial charge on any atom is 0.320 e. The van der Waals surface area contributed by atoms with Crippen LogP contribution in [0.15, 0.2) is 11.4 Å². The number of halogens is 1. The second-order valence-corrected chi connectivity index (χ2v) is 4.67. The first-order valence-electron chi connectivity index (χ1n) is 4.23. The lowest BCUT2D eigenvalue weighted by atomic mass is 10.1. The third-order valence-corrected chi connectivity index (χ3v) is 3.07. The highest BCUT2D eigenvalue weighted by Crippen LogP contribution is 2.24. The second-order valence-electron chi connectivity index (χ2n) is 3.13. The van der Waals surface area contributed by atoms with Gasteiger partial charge in [0.25, 0.3) is 0 Å². The number of aliphatic carboxylic acids is 1. The predicted molar refractivity (Wildman–Crippen MR) is 58.0 cm³/mol. The molecule has 0 aliphatic carbocycles. The van der Waals surface area contributed by atoms with Gasteiger partial charge in [0, 0.05) is 6.04 Å². The van der Waals surface area contributed by atoms with Crippen LogP contribution < -0.4 is 5.32 Å². The zero-order valence-electron chi connectivity index (χ0n) is 7.95. The largest absolute Gasteiger partial charge is 0.480 e. The summed E-state index contributed by atoms with van der Waals surface area (Å²) in [5.74, 6) is -0.849. The van der Waals surface area contributed by atoms with Crippen LogP contribution in [-0.2, 0) is 4.79 Å². The van der Waals surface area contributed by atoms with Crippen molar-refractivity contribution in [2.24, 2.45) is 0 Å². The number of thiophene rings is 1. The molecule has 78 valence electrons. The lowest BCUT2D eigenvalue weighted by Gasteiger charge is -2.15. The van der Waals surface area contributed by atoms with Crippen LogP contribution in [-0.4, -0.2) is 17.1 Å². The van der Waals surface area contributed by atoms with E-state index in [0.29, 0.717) is 0 Å². The van der Waals surface area contributed by atoms with Crippen molar-refractivity contribution in [3.63, 3.8) is 0 Å². The maximum atomic E-state index is 10.6. The monoisotopic (exact) mass is 233 g/mol. The van der Waals surface area contributed by atoms with Crippen molar-refractivity contribution in [2.45, 2.75) is 25.9 Å². The second kappa shape index (κ2) is 4.77. The molecule has 0 amide bonds. The van der Waals surface area contributed by atoms with Gasteiger partial charge < -0.3 is 5.11 Å². The predicted octanol–water partition coefficient (Wildman–Crippen LogP) is 2.53. The Bertz CT molecular complexity index is 326. The van der Waals surface area contributed by atoms with E-state index in [9.17, 15) is 4.79 Å². The Morgan fingerprint density at radius 1 is 1.64 bits per heavy atom. The summed E-state index contributed by atoms with van der Waals surface area (Å²) in [5, 5.41) is 13.6. The molecule has 5 heteroatoms. The normalized spacial score (nSPS) is 15.1. The Morgan fingerprint density at radius 2 is 2.29 bits per heavy atom. The van der Waals surface area contributed by atoms with Gasteiger partial charge in [-0.2, -0.15) is 0 Å². The summed E-state index contributed by atoms with van der Waals surface area (Å²) in [6, 6.07) is 1.30. The Hall–Kier alpha value is -0.580. The van der Waals surface area contributed by atoms with Crippen molar-refractivity contribution in [1.29, 1.82) is 0 Å². The SMILES string of the molecule is CC(NC(C)c1csc(Cl)c1)C(=O)O. The van der Waals surface area contributed by atoms with Crippen LogP contribution in [0.25, 0.3) is 0 Å². The molecule has 1 rings (SSSR count). The van der Waals surface area contributed by atoms with Gasteiger partial charge in [-0.3, -0.25) is 10.1 Å². The molecular formula is C9H12ClNO2S. The van der Waals surface area contributed by atoms with Crippen molar-refractivity contribution in [3.8, 4) is 0 Å². The van der Waals surface area contributed by atoms with E-state index >= 15 is 0 Å². The summed E-state index contributed by atoms with van der Waals surface area (Å²) in [4.78, 5) is 10.6. The van der Waals surface area contributed by atoms with E-state index in [4.69, 9.17) is 16.7 Å². The molecule has 2 atom stereocenters. The molecule has 1 heterocycles. The minimum Gasteiger partial charge on any atom is -0.480 e. The third kappa shape index (κ3) is 2.97. The van der Waals surface area contributed by atoms with Gasteiger partial charge in [0.15, 0.2) is 0 Å². The highest BCUT2D eigenvalue weighted by atomic mass is 35.5. The molecular weight excluding hydrogens is 222 g/mol. The molecule has 0 saturated carbocycles. The van der Waals surface area contributed by atoms with E-state index in [1.165, 1.54) is 11.3 Å². The fraction of sp³-hybridized carbons (Fsp3) is 0.444. The van der Waals surface area contributed by atoms with Crippen LogP contribution >= 0.6 is 22.9 Å². The van der Waals surface area contributed by atoms with Gasteiger partial charge >= 0.3 is 5.97 Å². The molecule has 0 aromatic carbocycles. The molecule has 1 aromatic rings. The number of carbonyl (C=O) groups is 1. The molecule has 2 unspecified atom stereocenters. The van der Waals surface area contributed by atoms with E-state index in [1.807, 2.05) is 18.4 Å². The zero-order valence-corrected chi connectivity index (χ0v) is 9.52. The average Bonchev–Trinajstić information content (AvgIpc) is 2.51. The summed E-state index contributed by atoms with van der Waals surface area (Å²) < 4.78 is 0.719. The summed E-state index contributed by atoms with van der Waals surface area (Å²) in [6.45, 7) is 3.53. The Labute approximate surface area is 91.7 Å². The quantitative estimate of drug-likeness (QED) is 0.840. The number of nitrogens with one attached hydrogen (secondary N) is 1. The van der Waals surface area contributed by atoms with Crippen molar-refractivity contribution in [2.75, 3.05) is 0 Å². The lowest BCUT2D eigenvalue weighted by molar-refractivity contribution is -0.139. The van der Waals surface area contributed by atoms with Gasteiger partial charge in [-0.15, -0.1) is 11.3 Å². The van der Waals surface area contributed by atoms with Crippen molar-refractivity contribution >= 4 is 28.9 Å². The minimum absolute atomic E-state index is 0.00449. The van der Waals surface area contributed by atoms with E-state index in [-0.39, 0.29) is 6.04 Å². The fourth-order valence-electron chi connectivity index (χ4n) is 1.09. The van der Waals surface area contributed by atoms with Gasteiger partial charge in [0.2, 0.25) is 0 Å². The summed E-state index contributed by atoms with van der Waals surface area (Å²) in [5.41, 5.74) is 1.02. The maximum absolute atomic E-state index is 10.6. The molecule has 0 saturated heterocycles. The van der Waals surface area contributed by atoms with Crippen molar-refractivity contribution in [1.82, 2.24) is 5.32 Å². The van der Waals surface area contributed by atoms with Crippen LogP contribution in [0, 0.1) is 0 Å². The molecule has 0 aliphatic heterocycles. The standard InChI is InChI=1S/C9H12ClNO2S/c1-5(11-6(2)9(12)13)7-3-8(10)14-4-7/h3-6,11H,1-2H3,(H,12,13). The number of hydrogen-bond acceptors (Lipinski definition) is 3. The van der Waals surface area contributed by atoms with Crippen LogP contribution in [0.3, 0.4) is 0 Å². The molecule has 0 aliphatic rings. The smallest absolute Gasteiger partial charge is 0.320 e. The summed E-state index contributed by atoms with van der Waals surface area (Å²) in [7, 11) is 0. The average molecular weight is 234 g/mol. The molecule has 1 aromatic heterocycles. The van der Waals surface area contributed by atoms with Crippen LogP contribution in [0.4, 0.5) is 0 Å². The minimum atomic E-state index is -0.849. The zero-order chi connectivity index (χ0) is 10.7. The first kappa shape index (κ1) is 11.5. The van der Waals surface area contributed by atoms with Gasteiger partial charge in [-0.05, 0) is 30.9 Å². The highest BCUT2D eigenvalue weighted by molar-refractivity contribution is 7.14. The van der Waals surface area contributed by atoms with Gasteiger partial charge in [0.05, 0.1) is 4.34 Å². The summed E-state index contributed by atoms with van der Waals surface area (Å²) in [6.07, 6.45) is 0. The molecule has 2 N–H and O–H groups in total. The molecule has 0 bridgehead atoms. The van der Waals surface area contributed by atoms with Crippen molar-refractivity contribution in [3.05, 3.63) is 21.3 Å². The molecule has 3 nitrogen and oxygen atoms in total. The number of carboxylic acid groups (broad SMARTS) is 1. The Morgan fingerprint density at radius 3 is 2.71 bits per heavy atom. The van der Waals surface area contributed by atoms with Crippen molar-refractivity contribution < 1.29 is 9.90 Å². The number of hydrogen-bond donors (Lipinski definition) is 2. The van der Waals surface area contributed by atoms with E-state index in [0.717, 1.165) is 9.90 Å². The number of carboxylic acids is 1. The van der Waals surface area contributed by atoms with Gasteiger partial charge in [-0.1, -0.05) is 11.6 Å². The van der Waals surface area contributed by atoms with Gasteiger partial charge in [-0.25, -0.2) is 0 Å². The molecule has 0 fully saturated rings. The van der Waals surface area contributed by atoms with Crippen LogP contribution in [0.5, 0.6) is 0 Å². The Balaban J connectivity index is 2.58. The first-order valence-corrected chi connectivity index (χ1v) is 5.49. The highest BCUT2D eigenvalue weighted by Gasteiger charge is 2.15. The topological polar surface area (TPSA) is 49.3 Å². The van der Waals surface area contributed by atoms with E-state index < -0.39 is 12.0 Å². The Kier molecular flexibility index (Phi) is 3.92. The van der Waals surface area contributed by atoms with E-state index in [1.54, 1.807) is 6.92 Å². The third-order valence-electron chi connectivity index (χ3n) is 1.96. The molecule has 0 spiro atoms. The molecule has 14 heavy (non-hydrogen) atoms. The number of rotatable bonds is 4. The molecule has 0 radical (unpaired) electrons. The van der Waals surface area contributed by atoms with Crippen LogP contribution in [0.2, 0.25) is 4.34 Å². The van der Waals surface area contributed by atoms with E-state index in [2.05, 4.69) is 5.32 Å². The fourth-order valence-corrected chi connectivity index (χ4v) is 2.08.